The van der Waals surface area contributed by atoms with Crippen molar-refractivity contribution in [3.63, 3.8) is 0 Å². The number of nitrogens with two attached hydrogens (primary N) is 1. The van der Waals surface area contributed by atoms with Gasteiger partial charge in [-0.1, -0.05) is 25.8 Å². The fourth-order valence-electron chi connectivity index (χ4n) is 2.80. The summed E-state index contributed by atoms with van der Waals surface area (Å²) in [4.78, 5) is 7.13. The Morgan fingerprint density at radius 1 is 1.33 bits per heavy atom. The van der Waals surface area contributed by atoms with E-state index in [-0.39, 0.29) is 0 Å². The van der Waals surface area contributed by atoms with E-state index in [0.717, 1.165) is 18.8 Å². The van der Waals surface area contributed by atoms with Crippen molar-refractivity contribution < 1.29 is 0 Å². The summed E-state index contributed by atoms with van der Waals surface area (Å²) in [6.45, 7) is 4.13. The molecule has 100 valence electrons. The van der Waals surface area contributed by atoms with Crippen molar-refractivity contribution in [3.8, 4) is 0 Å². The molecule has 18 heavy (non-hydrogen) atoms. The van der Waals surface area contributed by atoms with Gasteiger partial charge in [-0.05, 0) is 43.9 Å². The summed E-state index contributed by atoms with van der Waals surface area (Å²) in [5, 5.41) is 0. The van der Waals surface area contributed by atoms with Gasteiger partial charge in [0.15, 0.2) is 0 Å². The third-order valence-corrected chi connectivity index (χ3v) is 3.88. The molecule has 0 amide bonds. The molecule has 2 rings (SSSR count). The SMILES string of the molecule is CCC1CCCCCN1c1ccc(CCN)cn1. The predicted molar refractivity (Wildman–Crippen MR) is 76.9 cm³/mol. The van der Waals surface area contributed by atoms with Gasteiger partial charge < -0.3 is 10.6 Å². The largest absolute Gasteiger partial charge is 0.354 e. The van der Waals surface area contributed by atoms with Gasteiger partial charge in [-0.3, -0.25) is 0 Å². The molecule has 1 aliphatic heterocycles. The highest BCUT2D eigenvalue weighted by Crippen LogP contribution is 2.24. The summed E-state index contributed by atoms with van der Waals surface area (Å²) in [6.07, 6.45) is 9.44. The van der Waals surface area contributed by atoms with E-state index >= 15 is 0 Å². The average molecular weight is 247 g/mol. The van der Waals surface area contributed by atoms with Crippen molar-refractivity contribution in [1.82, 2.24) is 4.98 Å². The standard InChI is InChI=1S/C15H25N3/c1-2-14-6-4-3-5-11-18(14)15-8-7-13(9-10-16)12-17-15/h7-8,12,14H,2-6,9-11,16H2,1H3. The maximum absolute atomic E-state index is 5.57. The van der Waals surface area contributed by atoms with Gasteiger partial charge >= 0.3 is 0 Å². The molecular weight excluding hydrogens is 222 g/mol. The number of rotatable bonds is 4. The molecule has 0 aliphatic carbocycles. The predicted octanol–water partition coefficient (Wildman–Crippen LogP) is 2.74. The summed E-state index contributed by atoms with van der Waals surface area (Å²) in [6, 6.07) is 5.01. The lowest BCUT2D eigenvalue weighted by molar-refractivity contribution is 0.552. The first kappa shape index (κ1) is 13.3. The fourth-order valence-corrected chi connectivity index (χ4v) is 2.80. The van der Waals surface area contributed by atoms with Gasteiger partial charge in [0, 0.05) is 18.8 Å². The van der Waals surface area contributed by atoms with Crippen molar-refractivity contribution in [2.75, 3.05) is 18.0 Å². The van der Waals surface area contributed by atoms with Crippen LogP contribution >= 0.6 is 0 Å². The number of hydrogen-bond donors (Lipinski definition) is 1. The van der Waals surface area contributed by atoms with Crippen LogP contribution in [0.4, 0.5) is 5.82 Å². The van der Waals surface area contributed by atoms with Gasteiger partial charge in [-0.25, -0.2) is 4.98 Å². The zero-order valence-corrected chi connectivity index (χ0v) is 11.4. The van der Waals surface area contributed by atoms with Gasteiger partial charge in [0.25, 0.3) is 0 Å². The van der Waals surface area contributed by atoms with Gasteiger partial charge in [0.2, 0.25) is 0 Å². The number of anilines is 1. The monoisotopic (exact) mass is 247 g/mol. The van der Waals surface area contributed by atoms with E-state index in [1.807, 2.05) is 6.20 Å². The Morgan fingerprint density at radius 2 is 2.22 bits per heavy atom. The molecule has 1 fully saturated rings. The summed E-state index contributed by atoms with van der Waals surface area (Å²) >= 11 is 0. The molecule has 1 atom stereocenters. The normalized spacial score (nSPS) is 20.8. The van der Waals surface area contributed by atoms with Gasteiger partial charge in [0.1, 0.15) is 5.82 Å². The van der Waals surface area contributed by atoms with Gasteiger partial charge in [-0.15, -0.1) is 0 Å². The maximum Gasteiger partial charge on any atom is 0.128 e. The number of hydrogen-bond acceptors (Lipinski definition) is 3. The van der Waals surface area contributed by atoms with E-state index in [4.69, 9.17) is 5.73 Å². The molecule has 1 saturated heterocycles. The summed E-state index contributed by atoms with van der Waals surface area (Å²) < 4.78 is 0. The Kier molecular flexibility index (Phi) is 5.00. The Morgan fingerprint density at radius 3 is 2.89 bits per heavy atom. The van der Waals surface area contributed by atoms with Crippen molar-refractivity contribution >= 4 is 5.82 Å². The van der Waals surface area contributed by atoms with Crippen LogP contribution in [-0.2, 0) is 6.42 Å². The highest BCUT2D eigenvalue weighted by molar-refractivity contribution is 5.40. The molecule has 1 unspecified atom stereocenters. The lowest BCUT2D eigenvalue weighted by Crippen LogP contribution is -2.35. The third kappa shape index (κ3) is 3.22. The summed E-state index contributed by atoms with van der Waals surface area (Å²) in [5.74, 6) is 1.14. The molecule has 0 spiro atoms. The lowest BCUT2D eigenvalue weighted by Gasteiger charge is -2.30. The topological polar surface area (TPSA) is 42.1 Å². The van der Waals surface area contributed by atoms with E-state index < -0.39 is 0 Å². The first-order valence-corrected chi connectivity index (χ1v) is 7.26. The van der Waals surface area contributed by atoms with Crippen LogP contribution in [0.15, 0.2) is 18.3 Å². The summed E-state index contributed by atoms with van der Waals surface area (Å²) in [7, 11) is 0. The first-order chi connectivity index (χ1) is 8.85. The van der Waals surface area contributed by atoms with E-state index in [0.29, 0.717) is 12.6 Å². The minimum Gasteiger partial charge on any atom is -0.354 e. The Hall–Kier alpha value is -1.09. The average Bonchev–Trinajstić information content (AvgIpc) is 2.65. The van der Waals surface area contributed by atoms with E-state index in [9.17, 15) is 0 Å². The van der Waals surface area contributed by atoms with Crippen LogP contribution < -0.4 is 10.6 Å². The Balaban J connectivity index is 2.11. The van der Waals surface area contributed by atoms with Crippen LogP contribution in [0.1, 0.15) is 44.6 Å². The van der Waals surface area contributed by atoms with Crippen molar-refractivity contribution in [1.29, 1.82) is 0 Å². The van der Waals surface area contributed by atoms with Crippen LogP contribution in [0.25, 0.3) is 0 Å². The maximum atomic E-state index is 5.57. The molecule has 0 radical (unpaired) electrons. The fraction of sp³-hybridized carbons (Fsp3) is 0.667. The zero-order chi connectivity index (χ0) is 12.8. The summed E-state index contributed by atoms with van der Waals surface area (Å²) in [5.41, 5.74) is 6.81. The van der Waals surface area contributed by atoms with Crippen molar-refractivity contribution in [3.05, 3.63) is 23.9 Å². The highest BCUT2D eigenvalue weighted by atomic mass is 15.2. The second kappa shape index (κ2) is 6.74. The molecule has 1 aromatic heterocycles. The Bertz CT molecular complexity index is 347. The van der Waals surface area contributed by atoms with Crippen LogP contribution in [0.3, 0.4) is 0 Å². The number of pyridine rings is 1. The van der Waals surface area contributed by atoms with E-state index in [2.05, 4.69) is 28.9 Å². The molecule has 3 nitrogen and oxygen atoms in total. The molecule has 0 aromatic carbocycles. The number of aromatic nitrogens is 1. The van der Waals surface area contributed by atoms with Crippen LogP contribution in [-0.4, -0.2) is 24.1 Å². The smallest absolute Gasteiger partial charge is 0.128 e. The minimum atomic E-state index is 0.667. The zero-order valence-electron chi connectivity index (χ0n) is 11.4. The number of nitrogens with zero attached hydrogens (tertiary/aromatic N) is 2. The quantitative estimate of drug-likeness (QED) is 0.889. The van der Waals surface area contributed by atoms with Crippen molar-refractivity contribution in [2.24, 2.45) is 5.73 Å². The Labute approximate surface area is 110 Å². The molecule has 2 heterocycles. The van der Waals surface area contributed by atoms with E-state index in [1.54, 1.807) is 0 Å². The van der Waals surface area contributed by atoms with Crippen LogP contribution in [0.5, 0.6) is 0 Å². The molecular formula is C15H25N3. The lowest BCUT2D eigenvalue weighted by atomic mass is 10.1. The van der Waals surface area contributed by atoms with Gasteiger partial charge in [-0.2, -0.15) is 0 Å². The molecule has 3 heteroatoms. The molecule has 0 saturated carbocycles. The van der Waals surface area contributed by atoms with E-state index in [1.165, 1.54) is 37.7 Å². The molecule has 0 bridgehead atoms. The minimum absolute atomic E-state index is 0.667. The second-order valence-electron chi connectivity index (χ2n) is 5.17. The van der Waals surface area contributed by atoms with Crippen LogP contribution in [0, 0.1) is 0 Å². The van der Waals surface area contributed by atoms with Gasteiger partial charge in [0.05, 0.1) is 0 Å². The third-order valence-electron chi connectivity index (χ3n) is 3.88. The first-order valence-electron chi connectivity index (χ1n) is 7.26. The van der Waals surface area contributed by atoms with Crippen LogP contribution in [0.2, 0.25) is 0 Å². The van der Waals surface area contributed by atoms with Crippen molar-refractivity contribution in [2.45, 2.75) is 51.5 Å². The molecule has 2 N–H and O–H groups in total. The molecule has 1 aliphatic rings. The highest BCUT2D eigenvalue weighted by Gasteiger charge is 2.20. The second-order valence-corrected chi connectivity index (χ2v) is 5.17. The molecule has 1 aromatic rings.